The normalized spacial score (nSPS) is 12.3. The fourth-order valence-electron chi connectivity index (χ4n) is 2.95. The lowest BCUT2D eigenvalue weighted by molar-refractivity contribution is -0.142. The highest BCUT2D eigenvalue weighted by Crippen LogP contribution is 2.24. The summed E-state index contributed by atoms with van der Waals surface area (Å²) in [5, 5.41) is 2.71. The topological polar surface area (TPSA) is 81.7 Å². The van der Waals surface area contributed by atoms with Gasteiger partial charge < -0.3 is 14.8 Å². The fourth-order valence-corrected chi connectivity index (χ4v) is 2.95. The lowest BCUT2D eigenvalue weighted by Crippen LogP contribution is -2.15. The Morgan fingerprint density at radius 2 is 1.96 bits per heavy atom. The first kappa shape index (κ1) is 18.6. The van der Waals surface area contributed by atoms with E-state index in [1.807, 2.05) is 31.2 Å². The average Bonchev–Trinajstić information content (AvgIpc) is 3.04. The maximum absolute atomic E-state index is 12.2. The number of hydrogen-bond donors (Lipinski definition) is 1. The van der Waals surface area contributed by atoms with E-state index in [0.29, 0.717) is 18.6 Å². The Hall–Kier alpha value is -3.15. The predicted molar refractivity (Wildman–Crippen MR) is 100.0 cm³/mol. The van der Waals surface area contributed by atoms with Crippen molar-refractivity contribution >= 4 is 23.3 Å². The van der Waals surface area contributed by atoms with Gasteiger partial charge in [-0.25, -0.2) is 0 Å². The van der Waals surface area contributed by atoms with Gasteiger partial charge in [-0.2, -0.15) is 0 Å². The largest absolute Gasteiger partial charge is 0.494 e. The number of Topliss-reactive ketones (excluding diaryl/α,β-unsaturated/α-hetero) is 1. The molecule has 6 heteroatoms. The number of rotatable bonds is 8. The second-order valence-electron chi connectivity index (χ2n) is 6.22. The zero-order valence-electron chi connectivity index (χ0n) is 15.1. The van der Waals surface area contributed by atoms with Crippen LogP contribution in [0.5, 0.6) is 5.75 Å². The first-order valence-electron chi connectivity index (χ1n) is 8.89. The van der Waals surface area contributed by atoms with Crippen LogP contribution < -0.4 is 10.1 Å². The number of carbonyl (C=O) groups is 3. The molecule has 2 aromatic rings. The molecule has 0 aromatic heterocycles. The Labute approximate surface area is 157 Å². The lowest BCUT2D eigenvalue weighted by atomic mass is 10.1. The number of ketones is 1. The third-order valence-electron chi connectivity index (χ3n) is 4.29. The maximum Gasteiger partial charge on any atom is 0.306 e. The molecule has 0 unspecified atom stereocenters. The van der Waals surface area contributed by atoms with Crippen molar-refractivity contribution in [3.63, 3.8) is 0 Å². The molecule has 1 aliphatic heterocycles. The number of aryl methyl sites for hydroxylation is 1. The van der Waals surface area contributed by atoms with Crippen LogP contribution >= 0.6 is 0 Å². The Kier molecular flexibility index (Phi) is 5.86. The van der Waals surface area contributed by atoms with Gasteiger partial charge in [-0.3, -0.25) is 14.4 Å². The van der Waals surface area contributed by atoms with Gasteiger partial charge in [0.2, 0.25) is 5.91 Å². The molecular weight excluding hydrogens is 346 g/mol. The number of carbonyl (C=O) groups excluding carboxylic acids is 3. The molecule has 140 valence electrons. The molecule has 0 fully saturated rings. The standard InChI is InChI=1S/C21H21NO5/c1-2-26-19-6-4-3-5-14(19)8-10-21(25)27-13-18(23)15-7-9-17-16(11-15)12-20(24)22-17/h3-7,9,11H,2,8,10,12-13H2,1H3,(H,22,24). The number of para-hydroxylation sites is 1. The lowest BCUT2D eigenvalue weighted by Gasteiger charge is -2.10. The van der Waals surface area contributed by atoms with Gasteiger partial charge in [0.05, 0.1) is 13.0 Å². The first-order chi connectivity index (χ1) is 13.1. The van der Waals surface area contributed by atoms with Crippen molar-refractivity contribution in [3.05, 3.63) is 59.2 Å². The van der Waals surface area contributed by atoms with Gasteiger partial charge in [0.15, 0.2) is 12.4 Å². The van der Waals surface area contributed by atoms with Crippen molar-refractivity contribution in [2.45, 2.75) is 26.2 Å². The molecule has 0 radical (unpaired) electrons. The third kappa shape index (κ3) is 4.73. The molecule has 0 aliphatic carbocycles. The summed E-state index contributed by atoms with van der Waals surface area (Å²) in [5.74, 6) is -0.0635. The van der Waals surface area contributed by atoms with Crippen LogP contribution in [-0.4, -0.2) is 30.9 Å². The van der Waals surface area contributed by atoms with Crippen molar-refractivity contribution in [1.29, 1.82) is 0 Å². The summed E-state index contributed by atoms with van der Waals surface area (Å²) in [6.07, 6.45) is 0.908. The van der Waals surface area contributed by atoms with Crippen molar-refractivity contribution < 1.29 is 23.9 Å². The summed E-state index contributed by atoms with van der Waals surface area (Å²) < 4.78 is 10.6. The second kappa shape index (κ2) is 8.49. The van der Waals surface area contributed by atoms with Crippen LogP contribution in [0.1, 0.15) is 34.8 Å². The number of ether oxygens (including phenoxy) is 2. The van der Waals surface area contributed by atoms with Gasteiger partial charge >= 0.3 is 5.97 Å². The van der Waals surface area contributed by atoms with E-state index in [0.717, 1.165) is 22.6 Å². The highest BCUT2D eigenvalue weighted by atomic mass is 16.5. The van der Waals surface area contributed by atoms with Gasteiger partial charge in [-0.05, 0) is 48.7 Å². The number of fused-ring (bicyclic) bond motifs is 1. The molecule has 1 aliphatic rings. The minimum absolute atomic E-state index is 0.0895. The molecule has 0 atom stereocenters. The van der Waals surface area contributed by atoms with E-state index in [2.05, 4.69) is 5.32 Å². The molecule has 1 heterocycles. The minimum atomic E-state index is -0.437. The number of esters is 1. The van der Waals surface area contributed by atoms with Crippen molar-refractivity contribution in [2.24, 2.45) is 0 Å². The van der Waals surface area contributed by atoms with Crippen LogP contribution in [0.3, 0.4) is 0 Å². The van der Waals surface area contributed by atoms with Crippen LogP contribution in [-0.2, 0) is 27.2 Å². The van der Waals surface area contributed by atoms with Crippen molar-refractivity contribution in [2.75, 3.05) is 18.5 Å². The van der Waals surface area contributed by atoms with E-state index in [4.69, 9.17) is 9.47 Å². The minimum Gasteiger partial charge on any atom is -0.494 e. The molecule has 1 amide bonds. The van der Waals surface area contributed by atoms with E-state index in [9.17, 15) is 14.4 Å². The van der Waals surface area contributed by atoms with Crippen molar-refractivity contribution in [3.8, 4) is 5.75 Å². The quantitative estimate of drug-likeness (QED) is 0.573. The fraction of sp³-hybridized carbons (Fsp3) is 0.286. The maximum atomic E-state index is 12.2. The van der Waals surface area contributed by atoms with Gasteiger partial charge in [-0.1, -0.05) is 18.2 Å². The SMILES string of the molecule is CCOc1ccccc1CCC(=O)OCC(=O)c1ccc2c(c1)CC(=O)N2. The summed E-state index contributed by atoms with van der Waals surface area (Å²) >= 11 is 0. The van der Waals surface area contributed by atoms with Gasteiger partial charge in [0.25, 0.3) is 0 Å². The van der Waals surface area contributed by atoms with E-state index in [-0.39, 0.29) is 31.1 Å². The zero-order valence-corrected chi connectivity index (χ0v) is 15.1. The first-order valence-corrected chi connectivity index (χ1v) is 8.89. The zero-order chi connectivity index (χ0) is 19.2. The van der Waals surface area contributed by atoms with Crippen LogP contribution in [0.2, 0.25) is 0 Å². The van der Waals surface area contributed by atoms with Crippen LogP contribution in [0, 0.1) is 0 Å². The van der Waals surface area contributed by atoms with Gasteiger partial charge in [0.1, 0.15) is 5.75 Å². The number of anilines is 1. The summed E-state index contributed by atoms with van der Waals surface area (Å²) in [7, 11) is 0. The number of amides is 1. The van der Waals surface area contributed by atoms with Crippen LogP contribution in [0.4, 0.5) is 5.69 Å². The van der Waals surface area contributed by atoms with Crippen molar-refractivity contribution in [1.82, 2.24) is 0 Å². The summed E-state index contributed by atoms with van der Waals surface area (Å²) in [5.41, 5.74) is 2.87. The molecule has 0 saturated carbocycles. The molecule has 0 saturated heterocycles. The Bertz CT molecular complexity index is 875. The summed E-state index contributed by atoms with van der Waals surface area (Å²) in [4.78, 5) is 35.6. The molecule has 3 rings (SSSR count). The molecule has 6 nitrogen and oxygen atoms in total. The van der Waals surface area contributed by atoms with E-state index in [1.165, 1.54) is 0 Å². The highest BCUT2D eigenvalue weighted by molar-refractivity contribution is 6.02. The average molecular weight is 367 g/mol. The molecule has 27 heavy (non-hydrogen) atoms. The number of benzene rings is 2. The van der Waals surface area contributed by atoms with E-state index in [1.54, 1.807) is 18.2 Å². The smallest absolute Gasteiger partial charge is 0.306 e. The van der Waals surface area contributed by atoms with E-state index >= 15 is 0 Å². The Morgan fingerprint density at radius 1 is 1.15 bits per heavy atom. The third-order valence-corrected chi connectivity index (χ3v) is 4.29. The molecule has 1 N–H and O–H groups in total. The summed E-state index contributed by atoms with van der Waals surface area (Å²) in [6.45, 7) is 2.14. The van der Waals surface area contributed by atoms with Crippen LogP contribution in [0.15, 0.2) is 42.5 Å². The van der Waals surface area contributed by atoms with Gasteiger partial charge in [-0.15, -0.1) is 0 Å². The monoisotopic (exact) mass is 367 g/mol. The molecule has 0 bridgehead atoms. The molecule has 0 spiro atoms. The second-order valence-corrected chi connectivity index (χ2v) is 6.22. The van der Waals surface area contributed by atoms with Gasteiger partial charge in [0, 0.05) is 17.7 Å². The summed E-state index contributed by atoms with van der Waals surface area (Å²) in [6, 6.07) is 12.5. The highest BCUT2D eigenvalue weighted by Gasteiger charge is 2.19. The Balaban J connectivity index is 1.50. The Morgan fingerprint density at radius 3 is 2.78 bits per heavy atom. The predicted octanol–water partition coefficient (Wildman–Crippen LogP) is 2.94. The number of nitrogens with one attached hydrogen (secondary N) is 1. The molecular formula is C21H21NO5. The molecule has 2 aromatic carbocycles. The van der Waals surface area contributed by atoms with E-state index < -0.39 is 5.97 Å². The van der Waals surface area contributed by atoms with Crippen LogP contribution in [0.25, 0.3) is 0 Å². The number of hydrogen-bond acceptors (Lipinski definition) is 5.